The van der Waals surface area contributed by atoms with Gasteiger partial charge < -0.3 is 9.55 Å². The van der Waals surface area contributed by atoms with Crippen LogP contribution in [0.2, 0.25) is 0 Å². The Morgan fingerprint density at radius 3 is 2.38 bits per heavy atom. The van der Waals surface area contributed by atoms with Gasteiger partial charge in [-0.25, -0.2) is 0 Å². The lowest BCUT2D eigenvalue weighted by molar-refractivity contribution is 1.25. The predicted octanol–water partition coefficient (Wildman–Crippen LogP) is 6.09. The summed E-state index contributed by atoms with van der Waals surface area (Å²) in [6.45, 7) is 8.09. The summed E-state index contributed by atoms with van der Waals surface area (Å²) < 4.78 is 2.19. The van der Waals surface area contributed by atoms with Crippen molar-refractivity contribution in [3.8, 4) is 0 Å². The summed E-state index contributed by atoms with van der Waals surface area (Å²) in [5.41, 5.74) is 5.55. The zero-order chi connectivity index (χ0) is 16.3. The Hall–Kier alpha value is -3.26. The quantitative estimate of drug-likeness (QED) is 0.381. The minimum absolute atomic E-state index is 0.889. The number of para-hydroxylation sites is 2. The van der Waals surface area contributed by atoms with Gasteiger partial charge in [-0.1, -0.05) is 49.6 Å². The van der Waals surface area contributed by atoms with Gasteiger partial charge in [-0.3, -0.25) is 0 Å². The zero-order valence-electron chi connectivity index (χ0n) is 13.2. The fourth-order valence-electron chi connectivity index (χ4n) is 3.80. The van der Waals surface area contributed by atoms with Crippen LogP contribution in [0.25, 0.3) is 49.3 Å². The lowest BCUT2D eigenvalue weighted by Gasteiger charge is -2.06. The van der Waals surface area contributed by atoms with Crippen LogP contribution < -0.4 is 0 Å². The van der Waals surface area contributed by atoms with Gasteiger partial charge in [0.15, 0.2) is 0 Å². The molecule has 3 aromatic carbocycles. The minimum atomic E-state index is 0.889. The van der Waals surface area contributed by atoms with Crippen LogP contribution in [0.4, 0.5) is 0 Å². The molecule has 0 aliphatic carbocycles. The average molecular weight is 308 g/mol. The van der Waals surface area contributed by atoms with Gasteiger partial charge in [-0.15, -0.1) is 0 Å². The molecule has 0 aliphatic rings. The molecule has 0 atom stereocenters. The second kappa shape index (κ2) is 4.62. The maximum Gasteiger partial charge on any atom is 0.0548 e. The highest BCUT2D eigenvalue weighted by Crippen LogP contribution is 2.39. The van der Waals surface area contributed by atoms with Crippen LogP contribution in [0.1, 0.15) is 0 Å². The molecule has 2 heteroatoms. The van der Waals surface area contributed by atoms with Crippen molar-refractivity contribution in [1.82, 2.24) is 9.55 Å². The number of hydrogen-bond donors (Lipinski definition) is 1. The molecule has 114 valence electrons. The third kappa shape index (κ3) is 1.55. The number of fused-ring (bicyclic) bond motifs is 7. The van der Waals surface area contributed by atoms with E-state index in [1.807, 2.05) is 6.08 Å². The predicted molar refractivity (Wildman–Crippen MR) is 104 cm³/mol. The number of aromatic amines is 1. The first kappa shape index (κ1) is 13.2. The van der Waals surface area contributed by atoms with Gasteiger partial charge in [0.2, 0.25) is 0 Å². The molecule has 2 heterocycles. The van der Waals surface area contributed by atoms with E-state index in [9.17, 15) is 0 Å². The molecule has 1 N–H and O–H groups in total. The van der Waals surface area contributed by atoms with Gasteiger partial charge in [0.05, 0.1) is 11.0 Å². The molecule has 0 saturated heterocycles. The second-order valence-corrected chi connectivity index (χ2v) is 6.10. The van der Waals surface area contributed by atoms with Crippen molar-refractivity contribution >= 4 is 49.3 Å². The first-order valence-corrected chi connectivity index (χ1v) is 8.04. The van der Waals surface area contributed by atoms with Crippen LogP contribution in [0.3, 0.4) is 0 Å². The van der Waals surface area contributed by atoms with Crippen molar-refractivity contribution in [3.05, 3.63) is 79.9 Å². The summed E-state index contributed by atoms with van der Waals surface area (Å²) in [6, 6.07) is 21.3. The molecule has 0 fully saturated rings. The van der Waals surface area contributed by atoms with Crippen molar-refractivity contribution in [2.45, 2.75) is 0 Å². The summed E-state index contributed by atoms with van der Waals surface area (Å²) >= 11 is 0. The van der Waals surface area contributed by atoms with Crippen LogP contribution in [0.15, 0.2) is 79.9 Å². The molecule has 24 heavy (non-hydrogen) atoms. The molecular weight excluding hydrogens is 292 g/mol. The summed E-state index contributed by atoms with van der Waals surface area (Å²) in [7, 11) is 0. The van der Waals surface area contributed by atoms with Gasteiger partial charge in [-0.2, -0.15) is 0 Å². The van der Waals surface area contributed by atoms with Crippen LogP contribution in [-0.2, 0) is 0 Å². The number of aromatic nitrogens is 2. The molecule has 0 aliphatic heterocycles. The molecular formula is C22H16N2. The molecule has 0 saturated carbocycles. The number of hydrogen-bond acceptors (Lipinski definition) is 0. The lowest BCUT2D eigenvalue weighted by atomic mass is 10.1. The van der Waals surface area contributed by atoms with E-state index in [1.54, 1.807) is 0 Å². The smallest absolute Gasteiger partial charge is 0.0548 e. The van der Waals surface area contributed by atoms with Gasteiger partial charge in [0.25, 0.3) is 0 Å². The third-order valence-electron chi connectivity index (χ3n) is 4.83. The molecule has 5 rings (SSSR count). The molecule has 2 aromatic heterocycles. The van der Waals surface area contributed by atoms with Crippen molar-refractivity contribution < 1.29 is 0 Å². The van der Waals surface area contributed by atoms with E-state index in [4.69, 9.17) is 0 Å². The highest BCUT2D eigenvalue weighted by atomic mass is 15.0. The number of benzene rings is 3. The summed E-state index contributed by atoms with van der Waals surface area (Å²) in [6.07, 6.45) is 1.81. The van der Waals surface area contributed by atoms with Gasteiger partial charge in [0, 0.05) is 38.3 Å². The minimum Gasteiger partial charge on any atom is -0.354 e. The number of nitrogens with one attached hydrogen (secondary N) is 1. The lowest BCUT2D eigenvalue weighted by Crippen LogP contribution is -1.91. The molecule has 2 nitrogen and oxygen atoms in total. The van der Waals surface area contributed by atoms with E-state index in [-0.39, 0.29) is 0 Å². The number of H-pyrrole nitrogens is 1. The molecule has 5 aromatic rings. The fraction of sp³-hybridized carbons (Fsp3) is 0. The number of allylic oxidation sites excluding steroid dienone is 2. The molecule has 0 bridgehead atoms. The Bertz CT molecular complexity index is 1280. The topological polar surface area (TPSA) is 20.7 Å². The molecule has 0 radical (unpaired) electrons. The Balaban J connectivity index is 2.14. The zero-order valence-corrected chi connectivity index (χ0v) is 13.2. The van der Waals surface area contributed by atoms with Crippen LogP contribution in [0, 0.1) is 0 Å². The molecule has 0 unspecified atom stereocenters. The second-order valence-electron chi connectivity index (χ2n) is 6.10. The Morgan fingerprint density at radius 2 is 1.54 bits per heavy atom. The van der Waals surface area contributed by atoms with Crippen molar-refractivity contribution in [3.63, 3.8) is 0 Å². The summed E-state index contributed by atoms with van der Waals surface area (Å²) in [5, 5.41) is 5.04. The average Bonchev–Trinajstić information content (AvgIpc) is 3.16. The first-order valence-electron chi connectivity index (χ1n) is 8.04. The molecule has 0 spiro atoms. The Kier molecular flexibility index (Phi) is 2.54. The summed E-state index contributed by atoms with van der Waals surface area (Å²) in [4.78, 5) is 3.54. The highest BCUT2D eigenvalue weighted by Gasteiger charge is 2.16. The number of rotatable bonds is 2. The summed E-state index contributed by atoms with van der Waals surface area (Å²) in [5.74, 6) is 0. The normalized spacial score (nSPS) is 11.7. The van der Waals surface area contributed by atoms with E-state index in [1.165, 1.54) is 32.6 Å². The highest BCUT2D eigenvalue weighted by molar-refractivity contribution is 6.28. The van der Waals surface area contributed by atoms with E-state index in [0.717, 1.165) is 16.7 Å². The Labute approximate surface area is 139 Å². The van der Waals surface area contributed by atoms with Crippen molar-refractivity contribution in [2.24, 2.45) is 0 Å². The van der Waals surface area contributed by atoms with Crippen LogP contribution >= 0.6 is 0 Å². The third-order valence-corrected chi connectivity index (χ3v) is 4.83. The van der Waals surface area contributed by atoms with Crippen molar-refractivity contribution in [1.29, 1.82) is 0 Å². The largest absolute Gasteiger partial charge is 0.354 e. The Morgan fingerprint density at radius 1 is 0.792 bits per heavy atom. The standard InChI is InChI=1S/C22H16N2/c1-3-14(2)24-19-11-7-5-9-16(19)22-20(24)13-12-18-21(22)15-8-4-6-10-17(15)23-18/h3-13,23H,1-2H2. The van der Waals surface area contributed by atoms with E-state index >= 15 is 0 Å². The maximum absolute atomic E-state index is 4.18. The van der Waals surface area contributed by atoms with E-state index in [0.29, 0.717) is 0 Å². The maximum atomic E-state index is 4.18. The fourth-order valence-corrected chi connectivity index (χ4v) is 3.80. The SMILES string of the molecule is C=CC(=C)n1c2ccccc2c2c3c(ccc21)[nH]c1ccccc13. The number of nitrogens with zero attached hydrogens (tertiary/aromatic N) is 1. The first-order chi connectivity index (χ1) is 11.8. The van der Waals surface area contributed by atoms with Gasteiger partial charge >= 0.3 is 0 Å². The van der Waals surface area contributed by atoms with E-state index < -0.39 is 0 Å². The van der Waals surface area contributed by atoms with Crippen molar-refractivity contribution in [2.75, 3.05) is 0 Å². The van der Waals surface area contributed by atoms with Gasteiger partial charge in [-0.05, 0) is 30.3 Å². The van der Waals surface area contributed by atoms with Gasteiger partial charge in [0.1, 0.15) is 0 Å². The molecule has 0 amide bonds. The van der Waals surface area contributed by atoms with E-state index in [2.05, 4.69) is 83.4 Å². The van der Waals surface area contributed by atoms with Crippen LogP contribution in [0.5, 0.6) is 0 Å². The monoisotopic (exact) mass is 308 g/mol. The van der Waals surface area contributed by atoms with Crippen LogP contribution in [-0.4, -0.2) is 9.55 Å².